The number of halogens is 1. The number of carbonyl (C=O) groups is 1. The number of hydrogen-bond acceptors (Lipinski definition) is 2. The second-order valence-electron chi connectivity index (χ2n) is 6.25. The summed E-state index contributed by atoms with van der Waals surface area (Å²) in [5.74, 6) is -0.0216. The van der Waals surface area contributed by atoms with Crippen LogP contribution in [0.4, 0.5) is 0 Å². The summed E-state index contributed by atoms with van der Waals surface area (Å²) in [6.45, 7) is 4.25. The summed E-state index contributed by atoms with van der Waals surface area (Å²) in [6.07, 6.45) is 2.53. The summed E-state index contributed by atoms with van der Waals surface area (Å²) < 4.78 is 0. The lowest BCUT2D eigenvalue weighted by Gasteiger charge is -2.36. The largest absolute Gasteiger partial charge is 0.379 e. The average Bonchev–Trinajstić information content (AvgIpc) is 2.46. The summed E-state index contributed by atoms with van der Waals surface area (Å²) >= 11 is 6.37. The minimum absolute atomic E-state index is 0.0216. The molecule has 3 heteroatoms. The summed E-state index contributed by atoms with van der Waals surface area (Å²) in [4.78, 5) is 12.5. The highest BCUT2D eigenvalue weighted by molar-refractivity contribution is 6.32. The lowest BCUT2D eigenvalue weighted by molar-refractivity contribution is 0.104. The van der Waals surface area contributed by atoms with Gasteiger partial charge in [-0.15, -0.1) is 0 Å². The molecular formula is C19H18ClNO. The fourth-order valence-electron chi connectivity index (χ4n) is 2.89. The van der Waals surface area contributed by atoms with E-state index in [2.05, 4.69) is 25.2 Å². The van der Waals surface area contributed by atoms with Crippen molar-refractivity contribution in [3.63, 3.8) is 0 Å². The molecule has 1 aliphatic heterocycles. The van der Waals surface area contributed by atoms with Crippen molar-refractivity contribution in [1.29, 1.82) is 0 Å². The van der Waals surface area contributed by atoms with E-state index in [1.165, 1.54) is 5.56 Å². The van der Waals surface area contributed by atoms with Gasteiger partial charge in [0.1, 0.15) is 0 Å². The van der Waals surface area contributed by atoms with Crippen LogP contribution in [-0.4, -0.2) is 11.3 Å². The van der Waals surface area contributed by atoms with E-state index in [1.807, 2.05) is 42.5 Å². The van der Waals surface area contributed by atoms with Gasteiger partial charge in [-0.2, -0.15) is 0 Å². The second kappa shape index (κ2) is 5.62. The average molecular weight is 312 g/mol. The predicted octanol–water partition coefficient (Wildman–Crippen LogP) is 4.49. The van der Waals surface area contributed by atoms with Gasteiger partial charge in [0.15, 0.2) is 5.78 Å². The molecule has 1 N–H and O–H groups in total. The van der Waals surface area contributed by atoms with Crippen LogP contribution in [-0.2, 0) is 6.42 Å². The number of hydrogen-bond donors (Lipinski definition) is 1. The molecule has 0 radical (unpaired) electrons. The van der Waals surface area contributed by atoms with Crippen molar-refractivity contribution in [2.45, 2.75) is 25.8 Å². The summed E-state index contributed by atoms with van der Waals surface area (Å²) in [7, 11) is 0. The molecule has 3 rings (SSSR count). The monoisotopic (exact) mass is 311 g/mol. The van der Waals surface area contributed by atoms with Gasteiger partial charge < -0.3 is 5.32 Å². The molecule has 0 aliphatic carbocycles. The number of benzene rings is 2. The Bertz CT molecular complexity index is 747. The molecule has 2 nitrogen and oxygen atoms in total. The maximum absolute atomic E-state index is 12.5. The van der Waals surface area contributed by atoms with Crippen LogP contribution in [0.2, 0.25) is 5.02 Å². The molecule has 112 valence electrons. The molecule has 2 aromatic rings. The first kappa shape index (κ1) is 14.9. The molecule has 0 saturated heterocycles. The molecule has 2 aromatic carbocycles. The predicted molar refractivity (Wildman–Crippen MR) is 91.1 cm³/mol. The summed E-state index contributed by atoms with van der Waals surface area (Å²) in [5, 5.41) is 4.12. The first-order valence-corrected chi connectivity index (χ1v) is 7.71. The number of fused-ring (bicyclic) bond motifs is 1. The number of allylic oxidation sites excluding steroid dienone is 1. The van der Waals surface area contributed by atoms with Gasteiger partial charge in [0, 0.05) is 28.4 Å². The van der Waals surface area contributed by atoms with Crippen molar-refractivity contribution in [3.05, 3.63) is 76.3 Å². The van der Waals surface area contributed by atoms with Crippen molar-refractivity contribution in [3.8, 4) is 0 Å². The van der Waals surface area contributed by atoms with E-state index in [1.54, 1.807) is 6.08 Å². The summed E-state index contributed by atoms with van der Waals surface area (Å²) in [5.41, 5.74) is 3.47. The molecule has 0 atom stereocenters. The second-order valence-corrected chi connectivity index (χ2v) is 6.66. The van der Waals surface area contributed by atoms with E-state index in [0.29, 0.717) is 10.6 Å². The van der Waals surface area contributed by atoms with E-state index in [0.717, 1.165) is 17.7 Å². The fraction of sp³-hybridized carbons (Fsp3) is 0.211. The van der Waals surface area contributed by atoms with Gasteiger partial charge in [-0.25, -0.2) is 0 Å². The number of carbonyl (C=O) groups excluding carboxylic acids is 1. The van der Waals surface area contributed by atoms with E-state index in [9.17, 15) is 4.79 Å². The number of ketones is 1. The van der Waals surface area contributed by atoms with Crippen molar-refractivity contribution >= 4 is 23.1 Å². The first-order chi connectivity index (χ1) is 10.5. The van der Waals surface area contributed by atoms with Gasteiger partial charge in [-0.05, 0) is 31.9 Å². The Kier molecular flexibility index (Phi) is 3.79. The van der Waals surface area contributed by atoms with Crippen molar-refractivity contribution in [2.75, 3.05) is 0 Å². The van der Waals surface area contributed by atoms with Crippen LogP contribution in [0.3, 0.4) is 0 Å². The van der Waals surface area contributed by atoms with Gasteiger partial charge in [-0.1, -0.05) is 54.1 Å². The maximum Gasteiger partial charge on any atom is 0.187 e. The molecule has 0 unspecified atom stereocenters. The van der Waals surface area contributed by atoms with Gasteiger partial charge >= 0.3 is 0 Å². The zero-order valence-electron chi connectivity index (χ0n) is 12.7. The third-order valence-corrected chi connectivity index (χ3v) is 4.12. The third kappa shape index (κ3) is 2.93. The van der Waals surface area contributed by atoms with Gasteiger partial charge in [0.2, 0.25) is 0 Å². The minimum atomic E-state index is -0.111. The van der Waals surface area contributed by atoms with Crippen LogP contribution in [0.5, 0.6) is 0 Å². The quantitative estimate of drug-likeness (QED) is 0.654. The Morgan fingerprint density at radius 1 is 1.14 bits per heavy atom. The Hall–Kier alpha value is -2.06. The smallest absolute Gasteiger partial charge is 0.187 e. The normalized spacial score (nSPS) is 17.7. The molecule has 0 spiro atoms. The fourth-order valence-corrected chi connectivity index (χ4v) is 3.19. The van der Waals surface area contributed by atoms with Gasteiger partial charge in [-0.3, -0.25) is 4.79 Å². The molecule has 0 fully saturated rings. The van der Waals surface area contributed by atoms with Crippen LogP contribution >= 0.6 is 11.6 Å². The van der Waals surface area contributed by atoms with E-state index in [-0.39, 0.29) is 11.3 Å². The molecule has 1 heterocycles. The molecule has 0 bridgehead atoms. The Labute approximate surface area is 135 Å². The van der Waals surface area contributed by atoms with Crippen molar-refractivity contribution in [1.82, 2.24) is 5.32 Å². The molecule has 0 saturated carbocycles. The molecule has 1 aliphatic rings. The highest BCUT2D eigenvalue weighted by Gasteiger charge is 2.29. The third-order valence-electron chi connectivity index (χ3n) is 3.81. The standard InChI is InChI=1S/C19H18ClNO/c1-19(2)12-14-9-6-10-15(20)18(14)16(21-19)11-17(22)13-7-4-3-5-8-13/h3-11,21H,12H2,1-2H3. The lowest BCUT2D eigenvalue weighted by Crippen LogP contribution is -2.44. The maximum atomic E-state index is 12.5. The highest BCUT2D eigenvalue weighted by atomic mass is 35.5. The Morgan fingerprint density at radius 3 is 2.59 bits per heavy atom. The van der Waals surface area contributed by atoms with E-state index < -0.39 is 0 Å². The Balaban J connectivity index is 2.07. The van der Waals surface area contributed by atoms with Crippen LogP contribution in [0, 0.1) is 0 Å². The SMILES string of the molecule is CC1(C)Cc2cccc(Cl)c2C(=CC(=O)c2ccccc2)N1. The zero-order chi connectivity index (χ0) is 15.7. The van der Waals surface area contributed by atoms with Crippen LogP contribution in [0.25, 0.3) is 5.70 Å². The summed E-state index contributed by atoms with van der Waals surface area (Å²) in [6, 6.07) is 15.2. The molecule has 0 amide bonds. The van der Waals surface area contributed by atoms with Crippen molar-refractivity contribution in [2.24, 2.45) is 0 Å². The van der Waals surface area contributed by atoms with Crippen LogP contribution in [0.15, 0.2) is 54.6 Å². The Morgan fingerprint density at radius 2 is 1.86 bits per heavy atom. The van der Waals surface area contributed by atoms with Crippen molar-refractivity contribution < 1.29 is 4.79 Å². The minimum Gasteiger partial charge on any atom is -0.379 e. The van der Waals surface area contributed by atoms with E-state index in [4.69, 9.17) is 11.6 Å². The first-order valence-electron chi connectivity index (χ1n) is 7.33. The van der Waals surface area contributed by atoms with Gasteiger partial charge in [0.05, 0.1) is 5.02 Å². The molecule has 0 aromatic heterocycles. The van der Waals surface area contributed by atoms with Crippen LogP contribution < -0.4 is 5.32 Å². The molecular weight excluding hydrogens is 294 g/mol. The number of nitrogens with one attached hydrogen (secondary N) is 1. The van der Waals surface area contributed by atoms with E-state index >= 15 is 0 Å². The van der Waals surface area contributed by atoms with Gasteiger partial charge in [0.25, 0.3) is 0 Å². The zero-order valence-corrected chi connectivity index (χ0v) is 13.4. The topological polar surface area (TPSA) is 29.1 Å². The molecule has 22 heavy (non-hydrogen) atoms. The highest BCUT2D eigenvalue weighted by Crippen LogP contribution is 2.34. The lowest BCUT2D eigenvalue weighted by atomic mass is 9.85. The number of rotatable bonds is 2. The van der Waals surface area contributed by atoms with Crippen LogP contribution in [0.1, 0.15) is 35.3 Å².